The zero-order chi connectivity index (χ0) is 22.9. The lowest BCUT2D eigenvalue weighted by Gasteiger charge is -2.10. The van der Waals surface area contributed by atoms with Gasteiger partial charge in [-0.3, -0.25) is 4.40 Å². The number of aromatic nitrogens is 3. The summed E-state index contributed by atoms with van der Waals surface area (Å²) in [7, 11) is 0. The Labute approximate surface area is 198 Å². The second kappa shape index (κ2) is 8.75. The zero-order valence-corrected chi connectivity index (χ0v) is 19.6. The highest BCUT2D eigenvalue weighted by Crippen LogP contribution is 2.31. The van der Waals surface area contributed by atoms with Crippen molar-refractivity contribution in [3.8, 4) is 11.1 Å². The van der Waals surface area contributed by atoms with Crippen LogP contribution in [-0.2, 0) is 12.8 Å². The minimum Gasteiger partial charge on any atom is -0.361 e. The van der Waals surface area contributed by atoms with Crippen molar-refractivity contribution in [1.29, 1.82) is 0 Å². The van der Waals surface area contributed by atoms with E-state index in [-0.39, 0.29) is 0 Å². The number of halogens is 1. The second-order valence-corrected chi connectivity index (χ2v) is 8.80. The van der Waals surface area contributed by atoms with Crippen molar-refractivity contribution >= 4 is 28.8 Å². The molecule has 0 amide bonds. The fourth-order valence-electron chi connectivity index (χ4n) is 4.14. The van der Waals surface area contributed by atoms with Gasteiger partial charge < -0.3 is 9.84 Å². The molecule has 0 aliphatic carbocycles. The summed E-state index contributed by atoms with van der Waals surface area (Å²) >= 11 is 6.08. The molecule has 6 heteroatoms. The molecule has 0 aliphatic rings. The fraction of sp³-hybridized carbons (Fsp3) is 0.185. The minimum absolute atomic E-state index is 0.711. The van der Waals surface area contributed by atoms with Crippen LogP contribution in [0.15, 0.2) is 71.4 Å². The molecule has 1 N–H and O–H groups in total. The van der Waals surface area contributed by atoms with Crippen LogP contribution in [0, 0.1) is 20.8 Å². The molecular formula is C27H25ClN4O. The van der Waals surface area contributed by atoms with Gasteiger partial charge >= 0.3 is 0 Å². The van der Waals surface area contributed by atoms with Crippen LogP contribution in [0.1, 0.15) is 28.3 Å². The molecule has 3 aromatic heterocycles. The quantitative estimate of drug-likeness (QED) is 0.296. The summed E-state index contributed by atoms with van der Waals surface area (Å²) < 4.78 is 7.47. The Hall–Kier alpha value is -3.57. The predicted molar refractivity (Wildman–Crippen MR) is 133 cm³/mol. The lowest BCUT2D eigenvalue weighted by Crippen LogP contribution is -2.00. The van der Waals surface area contributed by atoms with Gasteiger partial charge in [-0.25, -0.2) is 4.98 Å². The zero-order valence-electron chi connectivity index (χ0n) is 18.9. The van der Waals surface area contributed by atoms with Crippen LogP contribution >= 0.6 is 11.6 Å². The number of fused-ring (bicyclic) bond motifs is 1. The highest BCUT2D eigenvalue weighted by molar-refractivity contribution is 6.30. The summed E-state index contributed by atoms with van der Waals surface area (Å²) in [5.74, 6) is 1.77. The van der Waals surface area contributed by atoms with E-state index in [2.05, 4.69) is 64.4 Å². The Morgan fingerprint density at radius 3 is 2.39 bits per heavy atom. The number of aryl methyl sites for hydroxylation is 5. The first-order valence-corrected chi connectivity index (χ1v) is 11.4. The van der Waals surface area contributed by atoms with Crippen LogP contribution in [0.3, 0.4) is 0 Å². The Morgan fingerprint density at radius 2 is 1.70 bits per heavy atom. The van der Waals surface area contributed by atoms with Crippen molar-refractivity contribution in [3.63, 3.8) is 0 Å². The van der Waals surface area contributed by atoms with Gasteiger partial charge in [-0.15, -0.1) is 0 Å². The Balaban J connectivity index is 1.54. The second-order valence-electron chi connectivity index (χ2n) is 8.37. The molecular weight excluding hydrogens is 432 g/mol. The summed E-state index contributed by atoms with van der Waals surface area (Å²) in [6.45, 7) is 6.00. The van der Waals surface area contributed by atoms with Crippen molar-refractivity contribution in [3.05, 3.63) is 100 Å². The summed E-state index contributed by atoms with van der Waals surface area (Å²) in [5.41, 5.74) is 8.37. The maximum absolute atomic E-state index is 6.08. The molecule has 0 unspecified atom stereocenters. The first-order chi connectivity index (χ1) is 16.0. The lowest BCUT2D eigenvalue weighted by molar-refractivity contribution is 0.393. The molecule has 0 saturated heterocycles. The van der Waals surface area contributed by atoms with Crippen LogP contribution < -0.4 is 5.32 Å². The molecule has 166 valence electrons. The van der Waals surface area contributed by atoms with E-state index >= 15 is 0 Å². The maximum Gasteiger partial charge on any atom is 0.141 e. The van der Waals surface area contributed by atoms with Crippen molar-refractivity contribution < 1.29 is 4.52 Å². The van der Waals surface area contributed by atoms with Crippen LogP contribution in [0.4, 0.5) is 11.5 Å². The molecule has 3 heterocycles. The third-order valence-corrected chi connectivity index (χ3v) is 6.15. The summed E-state index contributed by atoms with van der Waals surface area (Å²) in [5, 5.41) is 8.37. The normalized spacial score (nSPS) is 11.3. The smallest absolute Gasteiger partial charge is 0.141 e. The number of nitrogens with one attached hydrogen (secondary N) is 1. The van der Waals surface area contributed by atoms with E-state index in [9.17, 15) is 0 Å². The number of hydrogen-bond acceptors (Lipinski definition) is 4. The van der Waals surface area contributed by atoms with Gasteiger partial charge in [0, 0.05) is 22.5 Å². The van der Waals surface area contributed by atoms with Crippen molar-refractivity contribution in [2.75, 3.05) is 5.32 Å². The van der Waals surface area contributed by atoms with Crippen molar-refractivity contribution in [2.24, 2.45) is 0 Å². The minimum atomic E-state index is 0.711. The van der Waals surface area contributed by atoms with Crippen LogP contribution in [0.25, 0.3) is 16.8 Å². The molecule has 0 bridgehead atoms. The monoisotopic (exact) mass is 456 g/mol. The average molecular weight is 457 g/mol. The van der Waals surface area contributed by atoms with Crippen molar-refractivity contribution in [2.45, 2.75) is 33.6 Å². The van der Waals surface area contributed by atoms with Gasteiger partial charge in [-0.1, -0.05) is 46.6 Å². The number of rotatable bonds is 6. The fourth-order valence-corrected chi connectivity index (χ4v) is 4.26. The Bertz CT molecular complexity index is 1400. The first-order valence-electron chi connectivity index (χ1n) is 11.0. The van der Waals surface area contributed by atoms with E-state index in [1.807, 2.05) is 38.1 Å². The number of nitrogens with zero attached hydrogens (tertiary/aromatic N) is 3. The van der Waals surface area contributed by atoms with E-state index in [0.717, 1.165) is 58.3 Å². The van der Waals surface area contributed by atoms with Gasteiger partial charge in [0.05, 0.1) is 11.4 Å². The SMILES string of the molecule is Cc1ccc(CCc2nc3cc(-c4c(C)noc4C)ccn3c2Nc2ccc(Cl)cc2)cc1. The summed E-state index contributed by atoms with van der Waals surface area (Å²) in [4.78, 5) is 5.01. The van der Waals surface area contributed by atoms with Gasteiger partial charge in [0.1, 0.15) is 17.2 Å². The standard InChI is InChI=1S/C27H25ClN4O/c1-17-4-6-20(7-5-17)8-13-24-27(29-23-11-9-22(28)10-12-23)32-15-14-21(16-25(32)30-24)26-18(2)31-33-19(26)3/h4-7,9-12,14-16,29H,8,13H2,1-3H3. The molecule has 33 heavy (non-hydrogen) atoms. The Morgan fingerprint density at radius 1 is 0.939 bits per heavy atom. The Kier molecular flexibility index (Phi) is 5.65. The van der Waals surface area contributed by atoms with E-state index < -0.39 is 0 Å². The lowest BCUT2D eigenvalue weighted by atomic mass is 10.1. The first kappa shape index (κ1) is 21.3. The van der Waals surface area contributed by atoms with E-state index in [4.69, 9.17) is 21.1 Å². The number of pyridine rings is 1. The van der Waals surface area contributed by atoms with Gasteiger partial charge in [-0.2, -0.15) is 0 Å². The molecule has 0 atom stereocenters. The number of benzene rings is 2. The maximum atomic E-state index is 6.08. The molecule has 0 radical (unpaired) electrons. The highest BCUT2D eigenvalue weighted by atomic mass is 35.5. The number of imidazole rings is 1. The van der Waals surface area contributed by atoms with Crippen LogP contribution in [-0.4, -0.2) is 14.5 Å². The third-order valence-electron chi connectivity index (χ3n) is 5.90. The van der Waals surface area contributed by atoms with Gasteiger partial charge in [0.25, 0.3) is 0 Å². The summed E-state index contributed by atoms with van der Waals surface area (Å²) in [6, 6.07) is 20.6. The third kappa shape index (κ3) is 4.37. The van der Waals surface area contributed by atoms with E-state index in [1.165, 1.54) is 11.1 Å². The van der Waals surface area contributed by atoms with Crippen LogP contribution in [0.5, 0.6) is 0 Å². The molecule has 5 nitrogen and oxygen atoms in total. The highest BCUT2D eigenvalue weighted by Gasteiger charge is 2.16. The number of anilines is 2. The average Bonchev–Trinajstić information content (AvgIpc) is 3.33. The molecule has 5 rings (SSSR count). The topological polar surface area (TPSA) is 55.4 Å². The van der Waals surface area contributed by atoms with Gasteiger partial charge in [0.15, 0.2) is 0 Å². The number of hydrogen-bond donors (Lipinski definition) is 1. The summed E-state index contributed by atoms with van der Waals surface area (Å²) in [6.07, 6.45) is 3.79. The molecule has 0 saturated carbocycles. The predicted octanol–water partition coefficient (Wildman–Crippen LogP) is 7.10. The molecule has 0 aliphatic heterocycles. The van der Waals surface area contributed by atoms with E-state index in [1.54, 1.807) is 0 Å². The molecule has 0 spiro atoms. The molecule has 2 aromatic carbocycles. The van der Waals surface area contributed by atoms with Gasteiger partial charge in [-0.05, 0) is 81.1 Å². The largest absolute Gasteiger partial charge is 0.361 e. The van der Waals surface area contributed by atoms with E-state index in [0.29, 0.717) is 5.02 Å². The van der Waals surface area contributed by atoms with Crippen LogP contribution in [0.2, 0.25) is 5.02 Å². The molecule has 5 aromatic rings. The van der Waals surface area contributed by atoms with Gasteiger partial charge in [0.2, 0.25) is 0 Å². The van der Waals surface area contributed by atoms with Crippen molar-refractivity contribution in [1.82, 2.24) is 14.5 Å². The molecule has 0 fully saturated rings.